The molecule has 0 atom stereocenters. The minimum Gasteiger partial charge on any atom is -0.230 e. The fraction of sp³-hybridized carbons (Fsp3) is 0.188. The van der Waals surface area contributed by atoms with Gasteiger partial charge in [-0.3, -0.25) is 0 Å². The lowest BCUT2D eigenvalue weighted by Crippen LogP contribution is -2.11. The zero-order valence-electron chi connectivity index (χ0n) is 11.8. The summed E-state index contributed by atoms with van der Waals surface area (Å²) >= 11 is 3.12. The predicted molar refractivity (Wildman–Crippen MR) is 94.3 cm³/mol. The Bertz CT molecular complexity index is 824. The molecule has 0 aliphatic rings. The molecule has 0 unspecified atom stereocenters. The fourth-order valence-electron chi connectivity index (χ4n) is 2.07. The van der Waals surface area contributed by atoms with E-state index in [2.05, 4.69) is 4.98 Å². The van der Waals surface area contributed by atoms with E-state index in [1.54, 1.807) is 11.3 Å². The summed E-state index contributed by atoms with van der Waals surface area (Å²) in [5.41, 5.74) is 1.81. The Morgan fingerprint density at radius 1 is 1.00 bits per heavy atom. The van der Waals surface area contributed by atoms with Crippen LogP contribution in [0.1, 0.15) is 5.56 Å². The number of thiazole rings is 1. The second kappa shape index (κ2) is 6.81. The Labute approximate surface area is 138 Å². The third-order valence-electron chi connectivity index (χ3n) is 3.12. The smallest absolute Gasteiger partial charge is 0.155 e. The summed E-state index contributed by atoms with van der Waals surface area (Å²) < 4.78 is 26.3. The number of rotatable bonds is 6. The molecule has 3 aromatic rings. The highest BCUT2D eigenvalue weighted by Gasteiger charge is 2.13. The van der Waals surface area contributed by atoms with Gasteiger partial charge in [0.05, 0.1) is 21.7 Å². The van der Waals surface area contributed by atoms with Gasteiger partial charge in [0, 0.05) is 5.75 Å². The summed E-state index contributed by atoms with van der Waals surface area (Å²) in [5.74, 6) is 0.811. The van der Waals surface area contributed by atoms with Crippen LogP contribution in [0.25, 0.3) is 10.2 Å². The zero-order chi connectivity index (χ0) is 15.4. The van der Waals surface area contributed by atoms with Crippen LogP contribution >= 0.6 is 23.1 Å². The SMILES string of the molecule is O=S(=O)(CCSc1nc2ccccc2s1)Cc1ccccc1. The van der Waals surface area contributed by atoms with Gasteiger partial charge in [-0.15, -0.1) is 11.3 Å². The first-order valence-electron chi connectivity index (χ1n) is 6.85. The van der Waals surface area contributed by atoms with Crippen LogP contribution < -0.4 is 0 Å². The van der Waals surface area contributed by atoms with E-state index in [1.807, 2.05) is 54.6 Å². The van der Waals surface area contributed by atoms with Crippen molar-refractivity contribution < 1.29 is 8.42 Å². The van der Waals surface area contributed by atoms with Gasteiger partial charge in [-0.1, -0.05) is 54.2 Å². The summed E-state index contributed by atoms with van der Waals surface area (Å²) in [5, 5.41) is 0. The van der Waals surface area contributed by atoms with Crippen LogP contribution in [-0.4, -0.2) is 24.9 Å². The summed E-state index contributed by atoms with van der Waals surface area (Å²) in [6.45, 7) is 0. The number of hydrogen-bond acceptors (Lipinski definition) is 5. The molecule has 3 rings (SSSR count). The number of para-hydroxylation sites is 1. The van der Waals surface area contributed by atoms with Crippen LogP contribution in [0.2, 0.25) is 0 Å². The first-order chi connectivity index (χ1) is 10.6. The highest BCUT2D eigenvalue weighted by molar-refractivity contribution is 8.02. The Hall–Kier alpha value is -1.37. The second-order valence-electron chi connectivity index (χ2n) is 4.87. The molecule has 0 spiro atoms. The zero-order valence-corrected chi connectivity index (χ0v) is 14.3. The van der Waals surface area contributed by atoms with Gasteiger partial charge < -0.3 is 0 Å². The van der Waals surface area contributed by atoms with E-state index in [4.69, 9.17) is 0 Å². The summed E-state index contributed by atoms with van der Waals surface area (Å²) in [6, 6.07) is 17.3. The first-order valence-corrected chi connectivity index (χ1v) is 10.5. The molecule has 22 heavy (non-hydrogen) atoms. The predicted octanol–water partition coefficient (Wildman–Crippen LogP) is 4.00. The van der Waals surface area contributed by atoms with Crippen LogP contribution in [0, 0.1) is 0 Å². The Morgan fingerprint density at radius 3 is 2.50 bits per heavy atom. The van der Waals surface area contributed by atoms with Gasteiger partial charge in [0.25, 0.3) is 0 Å². The van der Waals surface area contributed by atoms with Gasteiger partial charge in [0.1, 0.15) is 0 Å². The standard InChI is InChI=1S/C16H15NO2S3/c18-22(19,12-13-6-2-1-3-7-13)11-10-20-16-17-14-8-4-5-9-15(14)21-16/h1-9H,10-12H2. The van der Waals surface area contributed by atoms with Crippen LogP contribution in [-0.2, 0) is 15.6 Å². The van der Waals surface area contributed by atoms with Crippen molar-refractivity contribution in [3.05, 3.63) is 60.2 Å². The first kappa shape index (κ1) is 15.5. The number of sulfone groups is 1. The van der Waals surface area contributed by atoms with E-state index >= 15 is 0 Å². The van der Waals surface area contributed by atoms with E-state index in [9.17, 15) is 8.42 Å². The lowest BCUT2D eigenvalue weighted by molar-refractivity contribution is 0.597. The summed E-state index contributed by atoms with van der Waals surface area (Å²) in [7, 11) is -3.08. The largest absolute Gasteiger partial charge is 0.230 e. The molecule has 0 aliphatic carbocycles. The van der Waals surface area contributed by atoms with Crippen molar-refractivity contribution in [2.24, 2.45) is 0 Å². The molecule has 6 heteroatoms. The van der Waals surface area contributed by atoms with Crippen LogP contribution in [0.15, 0.2) is 58.9 Å². The van der Waals surface area contributed by atoms with Crippen molar-refractivity contribution >= 4 is 43.2 Å². The van der Waals surface area contributed by atoms with Gasteiger partial charge in [0.2, 0.25) is 0 Å². The van der Waals surface area contributed by atoms with Crippen molar-refractivity contribution in [1.29, 1.82) is 0 Å². The lowest BCUT2D eigenvalue weighted by Gasteiger charge is -2.03. The third kappa shape index (κ3) is 4.09. The quantitative estimate of drug-likeness (QED) is 0.631. The summed E-state index contributed by atoms with van der Waals surface area (Å²) in [4.78, 5) is 4.50. The molecular formula is C16H15NO2S3. The van der Waals surface area contributed by atoms with Crippen molar-refractivity contribution in [2.45, 2.75) is 10.1 Å². The molecule has 0 amide bonds. The minimum atomic E-state index is -3.08. The number of benzene rings is 2. The van der Waals surface area contributed by atoms with E-state index in [0.29, 0.717) is 5.75 Å². The molecule has 0 N–H and O–H groups in total. The van der Waals surface area contributed by atoms with E-state index in [-0.39, 0.29) is 11.5 Å². The molecule has 2 aromatic carbocycles. The van der Waals surface area contributed by atoms with Crippen molar-refractivity contribution in [1.82, 2.24) is 4.98 Å². The van der Waals surface area contributed by atoms with E-state index in [1.165, 1.54) is 11.8 Å². The molecule has 0 saturated heterocycles. The molecule has 0 saturated carbocycles. The average Bonchev–Trinajstić information content (AvgIpc) is 2.90. The molecule has 0 bridgehead atoms. The van der Waals surface area contributed by atoms with Crippen molar-refractivity contribution in [2.75, 3.05) is 11.5 Å². The van der Waals surface area contributed by atoms with E-state index in [0.717, 1.165) is 20.1 Å². The second-order valence-corrected chi connectivity index (χ2v) is 9.43. The molecule has 114 valence electrons. The number of hydrogen-bond donors (Lipinski definition) is 0. The van der Waals surface area contributed by atoms with E-state index < -0.39 is 9.84 Å². The highest BCUT2D eigenvalue weighted by atomic mass is 32.2. The number of nitrogens with zero attached hydrogens (tertiary/aromatic N) is 1. The number of thioether (sulfide) groups is 1. The van der Waals surface area contributed by atoms with Gasteiger partial charge in [0.15, 0.2) is 14.2 Å². The topological polar surface area (TPSA) is 47.0 Å². The fourth-order valence-corrected chi connectivity index (χ4v) is 6.05. The Morgan fingerprint density at radius 2 is 1.73 bits per heavy atom. The number of aromatic nitrogens is 1. The van der Waals surface area contributed by atoms with Gasteiger partial charge in [-0.2, -0.15) is 0 Å². The van der Waals surface area contributed by atoms with Crippen LogP contribution in [0.5, 0.6) is 0 Å². The molecule has 1 aromatic heterocycles. The van der Waals surface area contributed by atoms with Gasteiger partial charge >= 0.3 is 0 Å². The minimum absolute atomic E-state index is 0.105. The maximum absolute atomic E-state index is 12.1. The normalized spacial score (nSPS) is 11.8. The Balaban J connectivity index is 1.58. The Kier molecular flexibility index (Phi) is 4.81. The third-order valence-corrected chi connectivity index (χ3v) is 7.16. The lowest BCUT2D eigenvalue weighted by atomic mass is 10.2. The molecule has 0 radical (unpaired) electrons. The van der Waals surface area contributed by atoms with Crippen LogP contribution in [0.3, 0.4) is 0 Å². The molecule has 0 aliphatic heterocycles. The van der Waals surface area contributed by atoms with Crippen LogP contribution in [0.4, 0.5) is 0 Å². The van der Waals surface area contributed by atoms with Crippen molar-refractivity contribution in [3.63, 3.8) is 0 Å². The highest BCUT2D eigenvalue weighted by Crippen LogP contribution is 2.29. The molecule has 1 heterocycles. The summed E-state index contributed by atoms with van der Waals surface area (Å²) in [6.07, 6.45) is 0. The van der Waals surface area contributed by atoms with Crippen molar-refractivity contribution in [3.8, 4) is 0 Å². The maximum atomic E-state index is 12.1. The average molecular weight is 350 g/mol. The molecular weight excluding hydrogens is 334 g/mol. The van der Waals surface area contributed by atoms with Gasteiger partial charge in [-0.05, 0) is 17.7 Å². The molecule has 3 nitrogen and oxygen atoms in total. The molecule has 0 fully saturated rings. The number of fused-ring (bicyclic) bond motifs is 1. The van der Waals surface area contributed by atoms with Gasteiger partial charge in [-0.25, -0.2) is 13.4 Å². The maximum Gasteiger partial charge on any atom is 0.155 e. The monoisotopic (exact) mass is 349 g/mol.